The highest BCUT2D eigenvalue weighted by molar-refractivity contribution is 6.00. The van der Waals surface area contributed by atoms with Gasteiger partial charge in [0, 0.05) is 5.56 Å². The Morgan fingerprint density at radius 1 is 1.00 bits per heavy atom. The number of ether oxygens (including phenoxy) is 3. The number of hydrazine groups is 1. The molecule has 0 aliphatic carbocycles. The molecule has 1 heterocycles. The Balaban J connectivity index is 1.66. The van der Waals surface area contributed by atoms with E-state index in [1.165, 1.54) is 7.11 Å². The van der Waals surface area contributed by atoms with Crippen LogP contribution in [0.2, 0.25) is 0 Å². The van der Waals surface area contributed by atoms with Gasteiger partial charge in [0.05, 0.1) is 30.0 Å². The number of amides is 2. The van der Waals surface area contributed by atoms with E-state index in [0.717, 1.165) is 11.3 Å². The molecular formula is C24H27N3O6. The predicted molar refractivity (Wildman–Crippen MR) is 120 cm³/mol. The second-order valence-electron chi connectivity index (χ2n) is 7.53. The van der Waals surface area contributed by atoms with Gasteiger partial charge in [-0.2, -0.15) is 0 Å². The maximum atomic E-state index is 12.7. The molecule has 0 bridgehead atoms. The molecule has 2 amide bonds. The van der Waals surface area contributed by atoms with Crippen LogP contribution >= 0.6 is 0 Å². The van der Waals surface area contributed by atoms with Crippen LogP contribution in [0.3, 0.4) is 0 Å². The van der Waals surface area contributed by atoms with Crippen molar-refractivity contribution in [2.45, 2.75) is 40.4 Å². The molecule has 0 saturated heterocycles. The summed E-state index contributed by atoms with van der Waals surface area (Å²) in [7, 11) is 1.49. The minimum Gasteiger partial charge on any atom is -0.493 e. The van der Waals surface area contributed by atoms with E-state index in [0.29, 0.717) is 28.6 Å². The summed E-state index contributed by atoms with van der Waals surface area (Å²) in [5, 5.41) is 3.90. The van der Waals surface area contributed by atoms with Gasteiger partial charge in [0.25, 0.3) is 11.8 Å². The molecule has 1 aromatic heterocycles. The quantitative estimate of drug-likeness (QED) is 0.500. The van der Waals surface area contributed by atoms with Gasteiger partial charge in [-0.25, -0.2) is 0 Å². The predicted octanol–water partition coefficient (Wildman–Crippen LogP) is 3.74. The fourth-order valence-electron chi connectivity index (χ4n) is 3.05. The normalized spacial score (nSPS) is 10.6. The molecule has 0 aliphatic heterocycles. The van der Waals surface area contributed by atoms with Crippen molar-refractivity contribution in [1.29, 1.82) is 0 Å². The number of nitrogens with zero attached hydrogens (tertiary/aromatic N) is 1. The lowest BCUT2D eigenvalue weighted by Crippen LogP contribution is -2.41. The minimum atomic E-state index is -0.524. The first-order chi connectivity index (χ1) is 15.8. The number of methoxy groups -OCH3 is 1. The number of carbonyl (C=O) groups is 2. The molecule has 2 N–H and O–H groups in total. The first kappa shape index (κ1) is 23.6. The third-order valence-electron chi connectivity index (χ3n) is 4.76. The van der Waals surface area contributed by atoms with E-state index in [1.54, 1.807) is 49.4 Å². The zero-order chi connectivity index (χ0) is 24.0. The lowest BCUT2D eigenvalue weighted by molar-refractivity contribution is 0.0844. The molecule has 0 fully saturated rings. The number of benzene rings is 2. The standard InChI is InChI=1S/C24H27N3O6/c1-14(2)32-21-11-10-17(12-22(21)30-5)23(28)25-26-24(29)18-8-6-7-9-20(18)31-13-19-15(3)27-33-16(19)4/h6-12,14H,13H2,1-5H3,(H,25,28)(H,26,29). The van der Waals surface area contributed by atoms with Crippen molar-refractivity contribution < 1.29 is 28.3 Å². The fourth-order valence-corrected chi connectivity index (χ4v) is 3.05. The van der Waals surface area contributed by atoms with E-state index in [9.17, 15) is 9.59 Å². The number of nitrogens with one attached hydrogen (secondary N) is 2. The Hall–Kier alpha value is -4.01. The Kier molecular flexibility index (Phi) is 7.55. The van der Waals surface area contributed by atoms with Crippen LogP contribution in [0.5, 0.6) is 17.2 Å². The van der Waals surface area contributed by atoms with E-state index >= 15 is 0 Å². The SMILES string of the molecule is COc1cc(C(=O)NNC(=O)c2ccccc2OCc2c(C)noc2C)ccc1OC(C)C. The highest BCUT2D eigenvalue weighted by Crippen LogP contribution is 2.29. The highest BCUT2D eigenvalue weighted by Gasteiger charge is 2.17. The van der Waals surface area contributed by atoms with Crippen LogP contribution in [-0.2, 0) is 6.61 Å². The molecule has 3 aromatic rings. The van der Waals surface area contributed by atoms with E-state index in [4.69, 9.17) is 18.7 Å². The Bertz CT molecular complexity index is 1120. The van der Waals surface area contributed by atoms with E-state index in [-0.39, 0.29) is 18.3 Å². The van der Waals surface area contributed by atoms with Crippen molar-refractivity contribution in [3.63, 3.8) is 0 Å². The second kappa shape index (κ2) is 10.5. The molecule has 174 valence electrons. The van der Waals surface area contributed by atoms with Crippen LogP contribution in [0.15, 0.2) is 47.0 Å². The topological polar surface area (TPSA) is 112 Å². The maximum absolute atomic E-state index is 12.7. The zero-order valence-electron chi connectivity index (χ0n) is 19.2. The number of aryl methyl sites for hydroxylation is 2. The van der Waals surface area contributed by atoms with Gasteiger partial charge in [0.15, 0.2) is 11.5 Å². The van der Waals surface area contributed by atoms with Gasteiger partial charge in [-0.05, 0) is 58.0 Å². The summed E-state index contributed by atoms with van der Waals surface area (Å²) >= 11 is 0. The second-order valence-corrected chi connectivity index (χ2v) is 7.53. The summed E-state index contributed by atoms with van der Waals surface area (Å²) in [4.78, 5) is 25.3. The Morgan fingerprint density at radius 3 is 2.39 bits per heavy atom. The Labute approximate surface area is 192 Å². The average molecular weight is 453 g/mol. The summed E-state index contributed by atoms with van der Waals surface area (Å²) in [5.41, 5.74) is 6.93. The van der Waals surface area contributed by atoms with Crippen LogP contribution in [0.4, 0.5) is 0 Å². The molecule has 0 radical (unpaired) electrons. The number of carbonyl (C=O) groups excluding carboxylic acids is 2. The summed E-state index contributed by atoms with van der Waals surface area (Å²) in [6.45, 7) is 7.60. The van der Waals surface area contributed by atoms with Crippen LogP contribution < -0.4 is 25.1 Å². The first-order valence-corrected chi connectivity index (χ1v) is 10.4. The number of aromatic nitrogens is 1. The summed E-state index contributed by atoms with van der Waals surface area (Å²) in [6, 6.07) is 11.5. The molecule has 0 saturated carbocycles. The molecule has 33 heavy (non-hydrogen) atoms. The smallest absolute Gasteiger partial charge is 0.273 e. The largest absolute Gasteiger partial charge is 0.493 e. The van der Waals surface area contributed by atoms with Crippen LogP contribution in [-0.4, -0.2) is 30.2 Å². The zero-order valence-corrected chi connectivity index (χ0v) is 19.2. The van der Waals surface area contributed by atoms with Crippen molar-refractivity contribution in [1.82, 2.24) is 16.0 Å². The molecule has 0 spiro atoms. The highest BCUT2D eigenvalue weighted by atomic mass is 16.5. The van der Waals surface area contributed by atoms with Crippen molar-refractivity contribution in [2.24, 2.45) is 0 Å². The molecule has 9 nitrogen and oxygen atoms in total. The van der Waals surface area contributed by atoms with Crippen LogP contribution in [0.1, 0.15) is 51.6 Å². The average Bonchev–Trinajstić information content (AvgIpc) is 3.13. The van der Waals surface area contributed by atoms with Crippen LogP contribution in [0.25, 0.3) is 0 Å². The monoisotopic (exact) mass is 453 g/mol. The van der Waals surface area contributed by atoms with Gasteiger partial charge < -0.3 is 18.7 Å². The van der Waals surface area contributed by atoms with Crippen LogP contribution in [0, 0.1) is 13.8 Å². The van der Waals surface area contributed by atoms with Gasteiger partial charge in [0.1, 0.15) is 18.1 Å². The molecule has 0 atom stereocenters. The van der Waals surface area contributed by atoms with E-state index in [1.807, 2.05) is 20.8 Å². The first-order valence-electron chi connectivity index (χ1n) is 10.4. The van der Waals surface area contributed by atoms with Crippen molar-refractivity contribution in [3.8, 4) is 17.2 Å². The number of rotatable bonds is 8. The van der Waals surface area contributed by atoms with Gasteiger partial charge in [0.2, 0.25) is 0 Å². The summed E-state index contributed by atoms with van der Waals surface area (Å²) < 4.78 is 21.9. The minimum absolute atomic E-state index is 0.0437. The number of hydrogen-bond acceptors (Lipinski definition) is 7. The molecule has 0 unspecified atom stereocenters. The van der Waals surface area contributed by atoms with Gasteiger partial charge in [-0.3, -0.25) is 20.4 Å². The van der Waals surface area contributed by atoms with Gasteiger partial charge in [-0.1, -0.05) is 17.3 Å². The van der Waals surface area contributed by atoms with Gasteiger partial charge >= 0.3 is 0 Å². The molecule has 2 aromatic carbocycles. The third-order valence-corrected chi connectivity index (χ3v) is 4.76. The molecule has 3 rings (SSSR count). The maximum Gasteiger partial charge on any atom is 0.273 e. The molecular weight excluding hydrogens is 426 g/mol. The van der Waals surface area contributed by atoms with Crippen molar-refractivity contribution in [2.75, 3.05) is 7.11 Å². The lowest BCUT2D eigenvalue weighted by atomic mass is 10.2. The summed E-state index contributed by atoms with van der Waals surface area (Å²) in [5.74, 6) is 0.928. The lowest BCUT2D eigenvalue weighted by Gasteiger charge is -2.15. The number of para-hydroxylation sites is 1. The van der Waals surface area contributed by atoms with Crippen molar-refractivity contribution in [3.05, 3.63) is 70.6 Å². The van der Waals surface area contributed by atoms with E-state index in [2.05, 4.69) is 16.0 Å². The molecule has 0 aliphatic rings. The molecule has 9 heteroatoms. The van der Waals surface area contributed by atoms with Gasteiger partial charge in [-0.15, -0.1) is 0 Å². The number of hydrogen-bond donors (Lipinski definition) is 2. The third kappa shape index (κ3) is 5.82. The van der Waals surface area contributed by atoms with E-state index < -0.39 is 11.8 Å². The Morgan fingerprint density at radius 2 is 1.73 bits per heavy atom. The van der Waals surface area contributed by atoms with Crippen molar-refractivity contribution >= 4 is 11.8 Å². The summed E-state index contributed by atoms with van der Waals surface area (Å²) in [6.07, 6.45) is -0.0437. The fraction of sp³-hybridized carbons (Fsp3) is 0.292.